The Hall–Kier alpha value is -5.01. The predicted octanol–water partition coefficient (Wildman–Crippen LogP) is 6.09. The van der Waals surface area contributed by atoms with Crippen molar-refractivity contribution in [2.45, 2.75) is 46.3 Å². The van der Waals surface area contributed by atoms with Crippen LogP contribution < -0.4 is 10.6 Å². The lowest BCUT2D eigenvalue weighted by Crippen LogP contribution is -2.45. The number of pyridine rings is 1. The average Bonchev–Trinajstić information content (AvgIpc) is 3.46. The zero-order valence-electron chi connectivity index (χ0n) is 28.2. The number of anilines is 3. The van der Waals surface area contributed by atoms with E-state index in [4.69, 9.17) is 4.74 Å². The normalized spacial score (nSPS) is 14.6. The summed E-state index contributed by atoms with van der Waals surface area (Å²) >= 11 is 0. The van der Waals surface area contributed by atoms with E-state index in [1.54, 1.807) is 17.6 Å². The molecule has 1 fully saturated rings. The summed E-state index contributed by atoms with van der Waals surface area (Å²) in [6.45, 7) is 12.2. The summed E-state index contributed by atoms with van der Waals surface area (Å²) < 4.78 is 37.2. The van der Waals surface area contributed by atoms with E-state index in [9.17, 15) is 4.79 Å². The Morgan fingerprint density at radius 1 is 0.980 bits per heavy atom. The van der Waals surface area contributed by atoms with E-state index < -0.39 is 17.6 Å². The summed E-state index contributed by atoms with van der Waals surface area (Å²) in [5.74, 6) is -0.661. The Labute approximate surface area is 284 Å². The van der Waals surface area contributed by atoms with Gasteiger partial charge in [-0.15, -0.1) is 0 Å². The van der Waals surface area contributed by atoms with Crippen molar-refractivity contribution in [3.63, 3.8) is 0 Å². The maximum atomic E-state index is 15.4. The van der Waals surface area contributed by atoms with Crippen LogP contribution >= 0.6 is 0 Å². The molecule has 0 saturated carbocycles. The number of hydrogen-bond donors (Lipinski definition) is 2. The zero-order valence-corrected chi connectivity index (χ0v) is 28.2. The minimum Gasteiger partial charge on any atom is -0.469 e. The minimum atomic E-state index is -0.716. The highest BCUT2D eigenvalue weighted by Gasteiger charge is 2.22. The highest BCUT2D eigenvalue weighted by molar-refractivity contribution is 5.83. The molecule has 11 nitrogen and oxygen atoms in total. The second-order valence-electron chi connectivity index (χ2n) is 12.3. The van der Waals surface area contributed by atoms with E-state index in [2.05, 4.69) is 59.4 Å². The second kappa shape index (κ2) is 15.0. The number of rotatable bonds is 12. The standard InChI is InChI=1S/C36H41F2N9O2/c1-5-45-11-13-46(14-12-45)22-27-20-40-32(18-30(27)39-19-25-9-7-6-8-10-25)43-36-41-21-29(38)34(44-36)26-16-28(37)35-31(17-26)47(24(3)42-35)23(2)15-33(48)49-4/h6-10,16-18,20-21,23H,5,11-15,19,22H2,1-4H3,(H2,39,40,41,43,44). The van der Waals surface area contributed by atoms with Gasteiger partial charge in [0, 0.05) is 74.4 Å². The Bertz CT molecular complexity index is 1930. The van der Waals surface area contributed by atoms with Gasteiger partial charge in [-0.2, -0.15) is 0 Å². The number of halogens is 2. The van der Waals surface area contributed by atoms with Crippen LogP contribution in [0, 0.1) is 18.6 Å². The van der Waals surface area contributed by atoms with Crippen LogP contribution in [0.4, 0.5) is 26.2 Å². The summed E-state index contributed by atoms with van der Waals surface area (Å²) in [6, 6.07) is 14.5. The molecule has 49 heavy (non-hydrogen) atoms. The Morgan fingerprint density at radius 2 is 1.73 bits per heavy atom. The van der Waals surface area contributed by atoms with E-state index >= 15 is 8.78 Å². The molecule has 0 bridgehead atoms. The Balaban J connectivity index is 1.28. The molecule has 13 heteroatoms. The lowest BCUT2D eigenvalue weighted by molar-refractivity contribution is -0.141. The quantitative estimate of drug-likeness (QED) is 0.151. The van der Waals surface area contributed by atoms with Crippen molar-refractivity contribution in [2.75, 3.05) is 50.5 Å². The van der Waals surface area contributed by atoms with E-state index in [1.807, 2.05) is 37.4 Å². The molecule has 256 valence electrons. The van der Waals surface area contributed by atoms with Crippen molar-refractivity contribution in [2.24, 2.45) is 0 Å². The number of fused-ring (bicyclic) bond motifs is 1. The van der Waals surface area contributed by atoms with Crippen molar-refractivity contribution >= 4 is 34.5 Å². The van der Waals surface area contributed by atoms with Gasteiger partial charge in [0.2, 0.25) is 5.95 Å². The minimum absolute atomic E-state index is 0.0636. The first-order valence-corrected chi connectivity index (χ1v) is 16.5. The van der Waals surface area contributed by atoms with Crippen molar-refractivity contribution in [3.8, 4) is 11.3 Å². The first-order valence-electron chi connectivity index (χ1n) is 16.5. The van der Waals surface area contributed by atoms with E-state index in [0.717, 1.165) is 62.3 Å². The van der Waals surface area contributed by atoms with Gasteiger partial charge >= 0.3 is 5.97 Å². The average molecular weight is 670 g/mol. The van der Waals surface area contributed by atoms with Crippen LogP contribution in [-0.4, -0.2) is 80.1 Å². The number of benzene rings is 2. The molecule has 6 rings (SSSR count). The number of esters is 1. The summed E-state index contributed by atoms with van der Waals surface area (Å²) in [5.41, 5.74) is 3.77. The van der Waals surface area contributed by atoms with Gasteiger partial charge in [0.15, 0.2) is 11.6 Å². The van der Waals surface area contributed by atoms with Gasteiger partial charge in [0.05, 0.1) is 25.2 Å². The number of carbonyl (C=O) groups excluding carboxylic acids is 1. The number of carbonyl (C=O) groups is 1. The third-order valence-corrected chi connectivity index (χ3v) is 8.93. The van der Waals surface area contributed by atoms with E-state index in [0.29, 0.717) is 23.7 Å². The molecule has 5 aromatic rings. The SMILES string of the molecule is CCN1CCN(Cc2cnc(Nc3ncc(F)c(-c4cc(F)c5nc(C)n(C(C)CC(=O)OC)c5c4)n3)cc2NCc2ccccc2)CC1. The van der Waals surface area contributed by atoms with Crippen LogP contribution in [0.2, 0.25) is 0 Å². The number of methoxy groups -OCH3 is 1. The van der Waals surface area contributed by atoms with E-state index in [-0.39, 0.29) is 35.2 Å². The first-order chi connectivity index (χ1) is 23.7. The largest absolute Gasteiger partial charge is 0.469 e. The molecular formula is C36H41F2N9O2. The highest BCUT2D eigenvalue weighted by Crippen LogP contribution is 2.32. The number of nitrogens with zero attached hydrogens (tertiary/aromatic N) is 7. The summed E-state index contributed by atoms with van der Waals surface area (Å²) in [4.78, 5) is 34.5. The topological polar surface area (TPSA) is 113 Å². The monoisotopic (exact) mass is 669 g/mol. The van der Waals surface area contributed by atoms with Gasteiger partial charge in [-0.25, -0.2) is 28.7 Å². The third-order valence-electron chi connectivity index (χ3n) is 8.93. The number of aromatic nitrogens is 5. The van der Waals surface area contributed by atoms with Crippen molar-refractivity contribution in [1.82, 2.24) is 34.3 Å². The van der Waals surface area contributed by atoms with Gasteiger partial charge in [0.1, 0.15) is 22.9 Å². The van der Waals surface area contributed by atoms with Crippen molar-refractivity contribution in [3.05, 3.63) is 89.5 Å². The van der Waals surface area contributed by atoms with Crippen LogP contribution in [0.1, 0.15) is 43.3 Å². The number of aryl methyl sites for hydroxylation is 1. The molecule has 1 aliphatic rings. The van der Waals surface area contributed by atoms with Gasteiger partial charge in [-0.3, -0.25) is 9.69 Å². The number of hydrogen-bond acceptors (Lipinski definition) is 10. The molecule has 3 aromatic heterocycles. The zero-order chi connectivity index (χ0) is 34.5. The maximum absolute atomic E-state index is 15.4. The smallest absolute Gasteiger partial charge is 0.307 e. The van der Waals surface area contributed by atoms with Gasteiger partial charge < -0.3 is 24.8 Å². The molecule has 0 spiro atoms. The Kier molecular flexibility index (Phi) is 10.4. The lowest BCUT2D eigenvalue weighted by atomic mass is 10.1. The fourth-order valence-electron chi connectivity index (χ4n) is 6.26. The molecule has 0 aliphatic carbocycles. The molecule has 4 heterocycles. The fourth-order valence-corrected chi connectivity index (χ4v) is 6.26. The lowest BCUT2D eigenvalue weighted by Gasteiger charge is -2.34. The van der Waals surface area contributed by atoms with Gasteiger partial charge in [-0.05, 0) is 38.1 Å². The molecule has 0 radical (unpaired) electrons. The first kappa shape index (κ1) is 33.9. The van der Waals surface area contributed by atoms with Gasteiger partial charge in [0.25, 0.3) is 0 Å². The molecule has 1 atom stereocenters. The molecule has 1 unspecified atom stereocenters. The van der Waals surface area contributed by atoms with Crippen LogP contribution in [0.3, 0.4) is 0 Å². The molecule has 2 aromatic carbocycles. The Morgan fingerprint density at radius 3 is 2.47 bits per heavy atom. The molecule has 1 aliphatic heterocycles. The summed E-state index contributed by atoms with van der Waals surface area (Å²) in [6.07, 6.45) is 2.96. The summed E-state index contributed by atoms with van der Waals surface area (Å²) in [5, 5.41) is 6.68. The van der Waals surface area contributed by atoms with Crippen molar-refractivity contribution < 1.29 is 18.3 Å². The van der Waals surface area contributed by atoms with Crippen LogP contribution in [0.5, 0.6) is 0 Å². The molecular weight excluding hydrogens is 628 g/mol. The van der Waals surface area contributed by atoms with Gasteiger partial charge in [-0.1, -0.05) is 37.3 Å². The third kappa shape index (κ3) is 7.84. The molecule has 0 amide bonds. The molecule has 1 saturated heterocycles. The predicted molar refractivity (Wildman–Crippen MR) is 185 cm³/mol. The van der Waals surface area contributed by atoms with Crippen LogP contribution in [0.15, 0.2) is 60.9 Å². The number of likely N-dealkylation sites (N-methyl/N-ethyl adjacent to an activating group) is 1. The number of nitrogens with one attached hydrogen (secondary N) is 2. The van der Waals surface area contributed by atoms with Crippen molar-refractivity contribution in [1.29, 1.82) is 0 Å². The van der Waals surface area contributed by atoms with Crippen LogP contribution in [0.25, 0.3) is 22.3 Å². The summed E-state index contributed by atoms with van der Waals surface area (Å²) in [7, 11) is 1.32. The van der Waals surface area contributed by atoms with E-state index in [1.165, 1.54) is 13.2 Å². The number of ether oxygens (including phenoxy) is 1. The second-order valence-corrected chi connectivity index (χ2v) is 12.3. The number of imidazole rings is 1. The number of piperazine rings is 1. The molecule has 2 N–H and O–H groups in total. The highest BCUT2D eigenvalue weighted by atomic mass is 19.1. The van der Waals surface area contributed by atoms with Crippen LogP contribution in [-0.2, 0) is 22.6 Å². The fraction of sp³-hybridized carbons (Fsp3) is 0.361. The maximum Gasteiger partial charge on any atom is 0.307 e.